The molecule has 1 aromatic carbocycles. The first kappa shape index (κ1) is 18.1. The SMILES string of the molecule is CC(C)COCCCNC(=O)NC1CCSc2c(F)cccc21. The number of halogens is 1. The predicted molar refractivity (Wildman–Crippen MR) is 91.3 cm³/mol. The van der Waals surface area contributed by atoms with Crippen molar-refractivity contribution in [2.45, 2.75) is 37.6 Å². The summed E-state index contributed by atoms with van der Waals surface area (Å²) in [6.45, 7) is 6.17. The number of urea groups is 1. The number of hydrogen-bond acceptors (Lipinski definition) is 3. The Kier molecular flexibility index (Phi) is 7.17. The molecule has 1 aromatic rings. The predicted octanol–water partition coefficient (Wildman–Crippen LogP) is 3.72. The molecule has 1 atom stereocenters. The first-order valence-electron chi connectivity index (χ1n) is 8.11. The van der Waals surface area contributed by atoms with Crippen LogP contribution in [0.4, 0.5) is 9.18 Å². The minimum absolute atomic E-state index is 0.126. The molecule has 0 saturated carbocycles. The Morgan fingerprint density at radius 2 is 2.30 bits per heavy atom. The number of ether oxygens (including phenoxy) is 1. The van der Waals surface area contributed by atoms with Gasteiger partial charge in [-0.15, -0.1) is 11.8 Å². The van der Waals surface area contributed by atoms with Crippen molar-refractivity contribution in [3.05, 3.63) is 29.6 Å². The van der Waals surface area contributed by atoms with Crippen LogP contribution in [0, 0.1) is 11.7 Å². The Morgan fingerprint density at radius 1 is 1.48 bits per heavy atom. The van der Waals surface area contributed by atoms with Gasteiger partial charge in [0.25, 0.3) is 0 Å². The number of fused-ring (bicyclic) bond motifs is 1. The molecular formula is C17H25FN2O2S. The zero-order valence-electron chi connectivity index (χ0n) is 13.7. The normalized spacial score (nSPS) is 17.0. The molecule has 0 bridgehead atoms. The Hall–Kier alpha value is -1.27. The lowest BCUT2D eigenvalue weighted by atomic mass is 10.0. The highest BCUT2D eigenvalue weighted by molar-refractivity contribution is 7.99. The van der Waals surface area contributed by atoms with E-state index >= 15 is 0 Å². The van der Waals surface area contributed by atoms with Crippen LogP contribution in [0.5, 0.6) is 0 Å². The van der Waals surface area contributed by atoms with Gasteiger partial charge in [0.2, 0.25) is 0 Å². The standard InChI is InChI=1S/C17H25FN2O2S/c1-12(2)11-22-9-4-8-19-17(21)20-15-7-10-23-16-13(15)5-3-6-14(16)18/h3,5-6,12,15H,4,7-11H2,1-2H3,(H2,19,20,21). The smallest absolute Gasteiger partial charge is 0.315 e. The molecule has 1 aliphatic rings. The number of carbonyl (C=O) groups is 1. The Balaban J connectivity index is 1.73. The van der Waals surface area contributed by atoms with Crippen molar-refractivity contribution in [2.24, 2.45) is 5.92 Å². The molecule has 0 fully saturated rings. The molecule has 0 aromatic heterocycles. The molecule has 2 N–H and O–H groups in total. The second-order valence-corrected chi connectivity index (χ2v) is 7.18. The third-order valence-electron chi connectivity index (χ3n) is 3.53. The van der Waals surface area contributed by atoms with Gasteiger partial charge in [0.1, 0.15) is 5.82 Å². The van der Waals surface area contributed by atoms with Gasteiger partial charge in [-0.25, -0.2) is 9.18 Å². The Morgan fingerprint density at radius 3 is 3.09 bits per heavy atom. The van der Waals surface area contributed by atoms with Gasteiger partial charge < -0.3 is 15.4 Å². The van der Waals surface area contributed by atoms with Crippen LogP contribution >= 0.6 is 11.8 Å². The van der Waals surface area contributed by atoms with Crippen LogP contribution in [-0.4, -0.2) is 31.5 Å². The fraction of sp³-hybridized carbons (Fsp3) is 0.588. The molecule has 0 aliphatic carbocycles. The van der Waals surface area contributed by atoms with E-state index in [0.717, 1.165) is 30.8 Å². The minimum Gasteiger partial charge on any atom is -0.381 e. The monoisotopic (exact) mass is 340 g/mol. The maximum absolute atomic E-state index is 13.8. The van der Waals surface area contributed by atoms with Gasteiger partial charge >= 0.3 is 6.03 Å². The first-order valence-corrected chi connectivity index (χ1v) is 9.09. The molecular weight excluding hydrogens is 315 g/mol. The summed E-state index contributed by atoms with van der Waals surface area (Å²) in [5.41, 5.74) is 0.872. The molecule has 2 amide bonds. The summed E-state index contributed by atoms with van der Waals surface area (Å²) in [6.07, 6.45) is 1.60. The number of amides is 2. The second kappa shape index (κ2) is 9.13. The van der Waals surface area contributed by atoms with Crippen molar-refractivity contribution in [1.29, 1.82) is 0 Å². The van der Waals surface area contributed by atoms with Crippen LogP contribution in [-0.2, 0) is 4.74 Å². The largest absolute Gasteiger partial charge is 0.381 e. The Bertz CT molecular complexity index is 525. The van der Waals surface area contributed by atoms with E-state index < -0.39 is 0 Å². The summed E-state index contributed by atoms with van der Waals surface area (Å²) in [6, 6.07) is 4.71. The lowest BCUT2D eigenvalue weighted by molar-refractivity contribution is 0.108. The van der Waals surface area contributed by atoms with E-state index in [2.05, 4.69) is 24.5 Å². The molecule has 0 spiro atoms. The highest BCUT2D eigenvalue weighted by Gasteiger charge is 2.24. The fourth-order valence-electron chi connectivity index (χ4n) is 2.44. The number of nitrogens with one attached hydrogen (secondary N) is 2. The number of carbonyl (C=O) groups excluding carboxylic acids is 1. The van der Waals surface area contributed by atoms with E-state index in [1.807, 2.05) is 6.07 Å². The number of thioether (sulfide) groups is 1. The molecule has 0 radical (unpaired) electrons. The first-order chi connectivity index (χ1) is 11.1. The van der Waals surface area contributed by atoms with Crippen LogP contribution in [0.3, 0.4) is 0 Å². The second-order valence-electron chi connectivity index (χ2n) is 6.07. The summed E-state index contributed by atoms with van der Waals surface area (Å²) in [5, 5.41) is 5.77. The zero-order chi connectivity index (χ0) is 16.7. The van der Waals surface area contributed by atoms with Crippen LogP contribution in [0.2, 0.25) is 0 Å². The van der Waals surface area contributed by atoms with Gasteiger partial charge in [-0.3, -0.25) is 0 Å². The molecule has 0 saturated heterocycles. The molecule has 4 nitrogen and oxygen atoms in total. The molecule has 2 rings (SSSR count). The molecule has 1 heterocycles. The molecule has 1 aliphatic heterocycles. The van der Waals surface area contributed by atoms with Gasteiger partial charge in [-0.05, 0) is 30.4 Å². The lowest BCUT2D eigenvalue weighted by Crippen LogP contribution is -2.39. The summed E-state index contributed by atoms with van der Waals surface area (Å²) in [5.74, 6) is 1.12. The van der Waals surface area contributed by atoms with E-state index in [1.54, 1.807) is 6.07 Å². The molecule has 6 heteroatoms. The van der Waals surface area contributed by atoms with Crippen molar-refractivity contribution < 1.29 is 13.9 Å². The maximum Gasteiger partial charge on any atom is 0.315 e. The third-order valence-corrected chi connectivity index (χ3v) is 4.69. The van der Waals surface area contributed by atoms with Gasteiger partial charge in [0, 0.05) is 30.4 Å². The van der Waals surface area contributed by atoms with Crippen molar-refractivity contribution in [3.8, 4) is 0 Å². The van der Waals surface area contributed by atoms with Crippen LogP contribution < -0.4 is 10.6 Å². The van der Waals surface area contributed by atoms with E-state index in [1.165, 1.54) is 17.8 Å². The van der Waals surface area contributed by atoms with Crippen LogP contribution in [0.25, 0.3) is 0 Å². The van der Waals surface area contributed by atoms with Crippen molar-refractivity contribution in [1.82, 2.24) is 10.6 Å². The van der Waals surface area contributed by atoms with Crippen molar-refractivity contribution in [3.63, 3.8) is 0 Å². The van der Waals surface area contributed by atoms with Gasteiger partial charge in [0.05, 0.1) is 6.04 Å². The van der Waals surface area contributed by atoms with Gasteiger partial charge in [-0.2, -0.15) is 0 Å². The highest BCUT2D eigenvalue weighted by Crippen LogP contribution is 2.37. The molecule has 23 heavy (non-hydrogen) atoms. The summed E-state index contributed by atoms with van der Waals surface area (Å²) in [4.78, 5) is 12.6. The van der Waals surface area contributed by atoms with Gasteiger partial charge in [0.15, 0.2) is 0 Å². The van der Waals surface area contributed by atoms with Gasteiger partial charge in [-0.1, -0.05) is 26.0 Å². The van der Waals surface area contributed by atoms with E-state index in [9.17, 15) is 9.18 Å². The quantitative estimate of drug-likeness (QED) is 0.744. The van der Waals surface area contributed by atoms with Crippen LogP contribution in [0.15, 0.2) is 23.1 Å². The van der Waals surface area contributed by atoms with E-state index in [0.29, 0.717) is 24.0 Å². The molecule has 128 valence electrons. The fourth-order valence-corrected chi connectivity index (χ4v) is 3.58. The summed E-state index contributed by atoms with van der Waals surface area (Å²) < 4.78 is 19.3. The average Bonchev–Trinajstić information content (AvgIpc) is 2.51. The minimum atomic E-state index is -0.207. The average molecular weight is 340 g/mol. The number of hydrogen-bond donors (Lipinski definition) is 2. The summed E-state index contributed by atoms with van der Waals surface area (Å²) in [7, 11) is 0. The molecule has 1 unspecified atom stereocenters. The van der Waals surface area contributed by atoms with Crippen molar-refractivity contribution in [2.75, 3.05) is 25.5 Å². The number of rotatable bonds is 7. The van der Waals surface area contributed by atoms with E-state index in [4.69, 9.17) is 4.74 Å². The summed E-state index contributed by atoms with van der Waals surface area (Å²) >= 11 is 1.51. The third kappa shape index (κ3) is 5.70. The zero-order valence-corrected chi connectivity index (χ0v) is 14.5. The van der Waals surface area contributed by atoms with E-state index in [-0.39, 0.29) is 17.9 Å². The maximum atomic E-state index is 13.8. The lowest BCUT2D eigenvalue weighted by Gasteiger charge is -2.26. The van der Waals surface area contributed by atoms with Crippen molar-refractivity contribution >= 4 is 17.8 Å². The highest BCUT2D eigenvalue weighted by atomic mass is 32.2. The Labute approximate surface area is 141 Å². The van der Waals surface area contributed by atoms with Crippen LogP contribution in [0.1, 0.15) is 38.3 Å². The number of benzene rings is 1. The topological polar surface area (TPSA) is 50.4 Å².